The number of carbonyl (C=O) groups excluding carboxylic acids is 1. The molecule has 1 aliphatic carbocycles. The van der Waals surface area contributed by atoms with Crippen molar-refractivity contribution in [2.75, 3.05) is 0 Å². The van der Waals surface area contributed by atoms with Crippen LogP contribution in [-0.4, -0.2) is 29.1 Å². The van der Waals surface area contributed by atoms with Crippen molar-refractivity contribution in [3.63, 3.8) is 0 Å². The van der Waals surface area contributed by atoms with Gasteiger partial charge in [0.05, 0.1) is 11.1 Å². The summed E-state index contributed by atoms with van der Waals surface area (Å²) in [4.78, 5) is 25.3. The Labute approximate surface area is 183 Å². The normalized spacial score (nSPS) is 21.0. The van der Waals surface area contributed by atoms with Gasteiger partial charge in [-0.1, -0.05) is 0 Å². The van der Waals surface area contributed by atoms with Gasteiger partial charge < -0.3 is 19.8 Å². The van der Waals surface area contributed by atoms with Crippen molar-refractivity contribution >= 4 is 16.9 Å². The summed E-state index contributed by atoms with van der Waals surface area (Å²) >= 11 is 0. The predicted molar refractivity (Wildman–Crippen MR) is 121 cm³/mol. The molecule has 31 heavy (non-hydrogen) atoms. The Balaban J connectivity index is 1.51. The maximum Gasteiger partial charge on any atom is 0.339 e. The second-order valence-electron chi connectivity index (χ2n) is 10.8. The van der Waals surface area contributed by atoms with Gasteiger partial charge in [0.15, 0.2) is 6.10 Å². The van der Waals surface area contributed by atoms with Crippen LogP contribution in [0.3, 0.4) is 0 Å². The molecule has 1 atom stereocenters. The third kappa shape index (κ3) is 4.36. The Bertz CT molecular complexity index is 1070. The lowest BCUT2D eigenvalue weighted by atomic mass is 9.79. The summed E-state index contributed by atoms with van der Waals surface area (Å²) in [5.74, 6) is 0.460. The number of piperidine rings is 1. The molecule has 0 unspecified atom stereocenters. The average Bonchev–Trinajstić information content (AvgIpc) is 3.12. The molecule has 0 saturated carbocycles. The number of hydrogen-bond acceptors (Lipinski definition) is 4. The first-order valence-corrected chi connectivity index (χ1v) is 11.4. The zero-order valence-corrected chi connectivity index (χ0v) is 19.6. The molecule has 6 nitrogen and oxygen atoms in total. The van der Waals surface area contributed by atoms with Crippen molar-refractivity contribution in [3.05, 3.63) is 39.2 Å². The van der Waals surface area contributed by atoms with Crippen LogP contribution in [0.1, 0.15) is 70.6 Å². The van der Waals surface area contributed by atoms with Crippen LogP contribution in [0.4, 0.5) is 0 Å². The van der Waals surface area contributed by atoms with Gasteiger partial charge in [0.1, 0.15) is 11.3 Å². The summed E-state index contributed by atoms with van der Waals surface area (Å²) in [7, 11) is 0. The van der Waals surface area contributed by atoms with Gasteiger partial charge in [0.2, 0.25) is 0 Å². The molecule has 0 bridgehead atoms. The van der Waals surface area contributed by atoms with E-state index < -0.39 is 6.10 Å². The van der Waals surface area contributed by atoms with Crippen LogP contribution in [0.5, 0.6) is 5.75 Å². The quantitative estimate of drug-likeness (QED) is 0.735. The first-order chi connectivity index (χ1) is 14.5. The molecule has 3 N–H and O–H groups in total. The third-order valence-corrected chi connectivity index (χ3v) is 6.69. The molecule has 1 amide bonds. The van der Waals surface area contributed by atoms with Gasteiger partial charge in [-0.05, 0) is 78.5 Å². The van der Waals surface area contributed by atoms with Gasteiger partial charge >= 0.3 is 5.63 Å². The van der Waals surface area contributed by atoms with E-state index in [1.54, 1.807) is 6.92 Å². The van der Waals surface area contributed by atoms with Crippen molar-refractivity contribution in [3.8, 4) is 5.75 Å². The highest BCUT2D eigenvalue weighted by Gasteiger charge is 2.42. The fraction of sp³-hybridized carbons (Fsp3) is 0.600. The van der Waals surface area contributed by atoms with E-state index in [1.807, 2.05) is 19.1 Å². The van der Waals surface area contributed by atoms with Gasteiger partial charge in [0.25, 0.3) is 5.91 Å². The van der Waals surface area contributed by atoms with Crippen molar-refractivity contribution < 1.29 is 19.3 Å². The van der Waals surface area contributed by atoms with Gasteiger partial charge in [-0.3, -0.25) is 4.79 Å². The molecule has 1 aromatic heterocycles. The summed E-state index contributed by atoms with van der Waals surface area (Å²) < 4.78 is 11.7. The van der Waals surface area contributed by atoms with Crippen LogP contribution in [0.25, 0.3) is 11.0 Å². The van der Waals surface area contributed by atoms with Crippen molar-refractivity contribution in [1.29, 1.82) is 0 Å². The Morgan fingerprint density at radius 1 is 1.16 bits per heavy atom. The van der Waals surface area contributed by atoms with Gasteiger partial charge in [-0.2, -0.15) is 0 Å². The number of quaternary nitrogens is 1. The van der Waals surface area contributed by atoms with Crippen LogP contribution in [0.15, 0.2) is 21.3 Å². The van der Waals surface area contributed by atoms with Crippen LogP contribution in [0.2, 0.25) is 0 Å². The highest BCUT2D eigenvalue weighted by molar-refractivity contribution is 5.86. The van der Waals surface area contributed by atoms with E-state index in [1.165, 1.54) is 0 Å². The molecule has 0 spiro atoms. The summed E-state index contributed by atoms with van der Waals surface area (Å²) in [5.41, 5.74) is 3.16. The second kappa shape index (κ2) is 7.66. The SMILES string of the molecule is Cc1c(O[C@H](C)C(=O)NC2CC(C)(C)[NH2+]C(C)(C)C2)ccc2c3c(c(=O)oc12)CCC3. The lowest BCUT2D eigenvalue weighted by Crippen LogP contribution is -3.06. The minimum atomic E-state index is -0.644. The summed E-state index contributed by atoms with van der Waals surface area (Å²) in [6.45, 7) is 12.5. The summed E-state index contributed by atoms with van der Waals surface area (Å²) in [5, 5.41) is 6.57. The van der Waals surface area contributed by atoms with Crippen LogP contribution >= 0.6 is 0 Å². The molecule has 2 aromatic rings. The van der Waals surface area contributed by atoms with E-state index in [0.29, 0.717) is 11.3 Å². The number of amides is 1. The lowest BCUT2D eigenvalue weighted by Gasteiger charge is -2.43. The van der Waals surface area contributed by atoms with Crippen LogP contribution in [0, 0.1) is 6.92 Å². The Hall–Kier alpha value is -2.34. The summed E-state index contributed by atoms with van der Waals surface area (Å²) in [6, 6.07) is 3.96. The van der Waals surface area contributed by atoms with Crippen molar-refractivity contribution in [2.24, 2.45) is 0 Å². The highest BCUT2D eigenvalue weighted by atomic mass is 16.5. The maximum atomic E-state index is 12.9. The standard InChI is InChI=1S/C25H34N2O4/c1-14-20(11-10-18-17-8-7-9-19(17)23(29)31-21(14)18)30-15(2)22(28)26-16-12-24(3,4)27-25(5,6)13-16/h10-11,15-16,27H,7-9,12-13H2,1-6H3,(H,26,28)/p+1/t15-/m1/s1. The number of nitrogens with two attached hydrogens (primary N) is 1. The number of carbonyl (C=O) groups is 1. The Kier molecular flexibility index (Phi) is 5.41. The topological polar surface area (TPSA) is 85.1 Å². The van der Waals surface area contributed by atoms with E-state index in [-0.39, 0.29) is 28.7 Å². The van der Waals surface area contributed by atoms with Crippen molar-refractivity contribution in [2.45, 2.75) is 96.9 Å². The molecular formula is C25H35N2O4+. The van der Waals surface area contributed by atoms with E-state index in [0.717, 1.165) is 54.2 Å². The molecule has 168 valence electrons. The third-order valence-electron chi connectivity index (χ3n) is 6.69. The Morgan fingerprint density at radius 2 is 1.81 bits per heavy atom. The second-order valence-corrected chi connectivity index (χ2v) is 10.8. The molecule has 6 heteroatoms. The van der Waals surface area contributed by atoms with Gasteiger partial charge in [0, 0.05) is 35.4 Å². The number of aryl methyl sites for hydroxylation is 2. The zero-order chi connectivity index (χ0) is 22.6. The largest absolute Gasteiger partial charge is 0.480 e. The number of benzene rings is 1. The van der Waals surface area contributed by atoms with Crippen LogP contribution in [-0.2, 0) is 17.6 Å². The molecule has 1 saturated heterocycles. The maximum absolute atomic E-state index is 12.9. The van der Waals surface area contributed by atoms with Crippen molar-refractivity contribution in [1.82, 2.24) is 5.32 Å². The molecule has 2 aliphatic rings. The van der Waals surface area contributed by atoms with E-state index in [4.69, 9.17) is 9.15 Å². The highest BCUT2D eigenvalue weighted by Crippen LogP contribution is 2.33. The number of rotatable bonds is 4. The first kappa shape index (κ1) is 21.9. The Morgan fingerprint density at radius 3 is 2.48 bits per heavy atom. The molecule has 1 aromatic carbocycles. The molecule has 4 rings (SSSR count). The zero-order valence-electron chi connectivity index (χ0n) is 19.6. The minimum Gasteiger partial charge on any atom is -0.480 e. The van der Waals surface area contributed by atoms with E-state index in [2.05, 4.69) is 38.3 Å². The summed E-state index contributed by atoms with van der Waals surface area (Å²) in [6.07, 6.45) is 3.87. The van der Waals surface area contributed by atoms with E-state index in [9.17, 15) is 9.59 Å². The number of ether oxygens (including phenoxy) is 1. The molecule has 2 heterocycles. The van der Waals surface area contributed by atoms with Crippen LogP contribution < -0.4 is 21.0 Å². The molecule has 0 radical (unpaired) electrons. The average molecular weight is 428 g/mol. The smallest absolute Gasteiger partial charge is 0.339 e. The number of nitrogens with one attached hydrogen (secondary N) is 1. The molecule has 1 aliphatic heterocycles. The minimum absolute atomic E-state index is 0.0799. The fourth-order valence-electron chi connectivity index (χ4n) is 5.77. The molecule has 1 fully saturated rings. The monoisotopic (exact) mass is 427 g/mol. The lowest BCUT2D eigenvalue weighted by molar-refractivity contribution is -0.787. The number of hydrogen-bond donors (Lipinski definition) is 2. The first-order valence-electron chi connectivity index (χ1n) is 11.4. The number of fused-ring (bicyclic) bond motifs is 3. The predicted octanol–water partition coefficient (Wildman–Crippen LogP) is 2.76. The molecular weight excluding hydrogens is 392 g/mol. The van der Waals surface area contributed by atoms with Gasteiger partial charge in [-0.25, -0.2) is 4.79 Å². The van der Waals surface area contributed by atoms with Gasteiger partial charge in [-0.15, -0.1) is 0 Å². The fourth-order valence-corrected chi connectivity index (χ4v) is 5.77. The van der Waals surface area contributed by atoms with E-state index >= 15 is 0 Å².